The van der Waals surface area contributed by atoms with Crippen molar-refractivity contribution in [2.24, 2.45) is 0 Å². The molecule has 0 bridgehead atoms. The van der Waals surface area contributed by atoms with Crippen molar-refractivity contribution in [3.05, 3.63) is 12.5 Å². The van der Waals surface area contributed by atoms with Crippen LogP contribution >= 0.6 is 15.9 Å². The Morgan fingerprint density at radius 1 is 1.55 bits per heavy atom. The number of rotatable bonds is 4. The first-order valence-electron chi connectivity index (χ1n) is 6.54. The zero-order chi connectivity index (χ0) is 15.0. The largest absolute Gasteiger partial charge is 0.369 e. The van der Waals surface area contributed by atoms with Crippen molar-refractivity contribution in [1.82, 2.24) is 13.9 Å². The molecule has 0 N–H and O–H groups in total. The second kappa shape index (κ2) is 5.75. The maximum Gasteiger partial charge on any atom is 0.262 e. The summed E-state index contributed by atoms with van der Waals surface area (Å²) in [4.78, 5) is 4.01. The van der Waals surface area contributed by atoms with Gasteiger partial charge < -0.3 is 9.30 Å². The number of aryl methyl sites for hydroxylation is 1. The molecule has 1 aliphatic rings. The molecule has 1 unspecified atom stereocenters. The Bertz CT molecular complexity index is 570. The maximum absolute atomic E-state index is 12.6. The lowest BCUT2D eigenvalue weighted by atomic mass is 10.1. The summed E-state index contributed by atoms with van der Waals surface area (Å²) in [5.74, 6) is 0. The van der Waals surface area contributed by atoms with Gasteiger partial charge in [0.25, 0.3) is 10.0 Å². The van der Waals surface area contributed by atoms with Crippen LogP contribution < -0.4 is 0 Å². The van der Waals surface area contributed by atoms with Crippen LogP contribution in [0.1, 0.15) is 20.8 Å². The number of sulfonamides is 1. The lowest BCUT2D eigenvalue weighted by Crippen LogP contribution is -2.55. The van der Waals surface area contributed by atoms with Gasteiger partial charge in [0.2, 0.25) is 0 Å². The van der Waals surface area contributed by atoms with Crippen molar-refractivity contribution in [3.8, 4) is 0 Å². The highest BCUT2D eigenvalue weighted by Crippen LogP contribution is 2.26. The fraction of sp³-hybridized carbons (Fsp3) is 0.750. The zero-order valence-corrected chi connectivity index (χ0v) is 14.3. The van der Waals surface area contributed by atoms with Gasteiger partial charge in [-0.2, -0.15) is 4.31 Å². The first-order valence-corrected chi connectivity index (χ1v) is 9.10. The Kier molecular flexibility index (Phi) is 4.58. The fourth-order valence-electron chi connectivity index (χ4n) is 2.28. The van der Waals surface area contributed by atoms with Gasteiger partial charge in [0, 0.05) is 31.2 Å². The summed E-state index contributed by atoms with van der Waals surface area (Å²) in [5.41, 5.74) is -0.503. The highest BCUT2D eigenvalue weighted by atomic mass is 79.9. The number of nitrogens with zero attached hydrogens (tertiary/aromatic N) is 3. The SMILES string of the molecule is CCn1cnc(S(=O)(=O)N2CC(CBr)OC(C)(C)C2)c1. The number of ether oxygens (including phenoxy) is 1. The second-order valence-electron chi connectivity index (χ2n) is 5.49. The molecule has 8 heteroatoms. The second-order valence-corrected chi connectivity index (χ2v) is 8.03. The highest BCUT2D eigenvalue weighted by Gasteiger charge is 2.39. The minimum Gasteiger partial charge on any atom is -0.369 e. The van der Waals surface area contributed by atoms with E-state index in [-0.39, 0.29) is 11.1 Å². The van der Waals surface area contributed by atoms with Crippen LogP contribution in [0.15, 0.2) is 17.6 Å². The highest BCUT2D eigenvalue weighted by molar-refractivity contribution is 9.09. The molecule has 0 saturated carbocycles. The molecule has 114 valence electrons. The van der Waals surface area contributed by atoms with Gasteiger partial charge in [0.05, 0.1) is 18.0 Å². The van der Waals surface area contributed by atoms with Gasteiger partial charge >= 0.3 is 0 Å². The maximum atomic E-state index is 12.6. The smallest absolute Gasteiger partial charge is 0.262 e. The summed E-state index contributed by atoms with van der Waals surface area (Å²) >= 11 is 3.36. The summed E-state index contributed by atoms with van der Waals surface area (Å²) in [7, 11) is -3.56. The average molecular weight is 366 g/mol. The lowest BCUT2D eigenvalue weighted by molar-refractivity contribution is -0.107. The number of imidazole rings is 1. The predicted molar refractivity (Wildman–Crippen MR) is 79.4 cm³/mol. The van der Waals surface area contributed by atoms with Gasteiger partial charge in [-0.3, -0.25) is 0 Å². The van der Waals surface area contributed by atoms with E-state index in [2.05, 4.69) is 20.9 Å². The minimum absolute atomic E-state index is 0.102. The first kappa shape index (κ1) is 15.9. The summed E-state index contributed by atoms with van der Waals surface area (Å²) in [5, 5.41) is 0.705. The van der Waals surface area contributed by atoms with Crippen LogP contribution in [0.5, 0.6) is 0 Å². The predicted octanol–water partition coefficient (Wildman–Crippen LogP) is 1.47. The van der Waals surface area contributed by atoms with Gasteiger partial charge in [-0.15, -0.1) is 0 Å². The first-order chi connectivity index (χ1) is 9.28. The van der Waals surface area contributed by atoms with E-state index in [1.165, 1.54) is 4.31 Å². The molecule has 0 radical (unpaired) electrons. The van der Waals surface area contributed by atoms with E-state index in [4.69, 9.17) is 4.74 Å². The number of hydrogen-bond acceptors (Lipinski definition) is 4. The van der Waals surface area contributed by atoms with Crippen molar-refractivity contribution in [3.63, 3.8) is 0 Å². The number of halogens is 1. The number of aromatic nitrogens is 2. The van der Waals surface area contributed by atoms with Crippen LogP contribution in [0.4, 0.5) is 0 Å². The third-order valence-corrected chi connectivity index (χ3v) is 5.62. The van der Waals surface area contributed by atoms with E-state index in [0.29, 0.717) is 25.0 Å². The molecular weight excluding hydrogens is 346 g/mol. The van der Waals surface area contributed by atoms with E-state index >= 15 is 0 Å². The molecule has 2 heterocycles. The van der Waals surface area contributed by atoms with Crippen LogP contribution in [0.2, 0.25) is 0 Å². The summed E-state index contributed by atoms with van der Waals surface area (Å²) in [6, 6.07) is 0. The Hall–Kier alpha value is -0.440. The molecule has 1 fully saturated rings. The molecule has 0 aromatic carbocycles. The van der Waals surface area contributed by atoms with Crippen LogP contribution in [-0.2, 0) is 21.3 Å². The molecule has 0 amide bonds. The molecule has 2 rings (SSSR count). The summed E-state index contributed by atoms with van der Waals surface area (Å²) < 4.78 is 34.3. The molecule has 1 saturated heterocycles. The number of morpholine rings is 1. The Morgan fingerprint density at radius 2 is 2.25 bits per heavy atom. The van der Waals surface area contributed by atoms with E-state index in [0.717, 1.165) is 0 Å². The van der Waals surface area contributed by atoms with Gasteiger partial charge in [-0.1, -0.05) is 15.9 Å². The minimum atomic E-state index is -3.56. The third-order valence-electron chi connectivity index (χ3n) is 3.20. The van der Waals surface area contributed by atoms with Gasteiger partial charge in [-0.05, 0) is 20.8 Å². The van der Waals surface area contributed by atoms with Gasteiger partial charge in [-0.25, -0.2) is 13.4 Å². The quantitative estimate of drug-likeness (QED) is 0.757. The Balaban J connectivity index is 2.28. The Morgan fingerprint density at radius 3 is 2.80 bits per heavy atom. The van der Waals surface area contributed by atoms with E-state index in [1.807, 2.05) is 20.8 Å². The van der Waals surface area contributed by atoms with Crippen LogP contribution in [0, 0.1) is 0 Å². The van der Waals surface area contributed by atoms with E-state index < -0.39 is 15.6 Å². The topological polar surface area (TPSA) is 64.4 Å². The zero-order valence-electron chi connectivity index (χ0n) is 11.9. The molecular formula is C12H20BrN3O3S. The molecule has 1 aromatic heterocycles. The van der Waals surface area contributed by atoms with Crippen LogP contribution in [0.25, 0.3) is 0 Å². The van der Waals surface area contributed by atoms with Crippen molar-refractivity contribution in [1.29, 1.82) is 0 Å². The molecule has 1 atom stereocenters. The molecule has 1 aliphatic heterocycles. The lowest BCUT2D eigenvalue weighted by Gasteiger charge is -2.41. The van der Waals surface area contributed by atoms with Crippen molar-refractivity contribution in [2.75, 3.05) is 18.4 Å². The molecule has 6 nitrogen and oxygen atoms in total. The molecule has 0 spiro atoms. The standard InChI is InChI=1S/C12H20BrN3O3S/c1-4-15-7-11(14-9-15)20(17,18)16-6-10(5-13)19-12(2,3)8-16/h7,9-10H,4-6,8H2,1-3H3. The molecule has 20 heavy (non-hydrogen) atoms. The fourth-order valence-corrected chi connectivity index (χ4v) is 4.18. The van der Waals surface area contributed by atoms with E-state index in [9.17, 15) is 8.42 Å². The van der Waals surface area contributed by atoms with Crippen LogP contribution in [-0.4, -0.2) is 52.4 Å². The van der Waals surface area contributed by atoms with Gasteiger partial charge in [0.1, 0.15) is 0 Å². The normalized spacial score (nSPS) is 23.9. The van der Waals surface area contributed by atoms with Crippen molar-refractivity contribution < 1.29 is 13.2 Å². The van der Waals surface area contributed by atoms with Gasteiger partial charge in [0.15, 0.2) is 5.03 Å². The summed E-state index contributed by atoms with van der Waals surface area (Å²) in [6.45, 7) is 7.11. The van der Waals surface area contributed by atoms with Crippen LogP contribution in [0.3, 0.4) is 0 Å². The number of hydrogen-bond donors (Lipinski definition) is 0. The number of alkyl halides is 1. The van der Waals surface area contributed by atoms with Crippen molar-refractivity contribution in [2.45, 2.75) is 44.0 Å². The Labute approximate surface area is 128 Å². The summed E-state index contributed by atoms with van der Waals surface area (Å²) in [6.07, 6.45) is 2.96. The molecule has 0 aliphatic carbocycles. The monoisotopic (exact) mass is 365 g/mol. The van der Waals surface area contributed by atoms with E-state index in [1.54, 1.807) is 17.1 Å². The molecule has 1 aromatic rings. The third kappa shape index (κ3) is 3.24. The van der Waals surface area contributed by atoms with Crippen molar-refractivity contribution >= 4 is 26.0 Å². The average Bonchev–Trinajstić information content (AvgIpc) is 2.86.